The summed E-state index contributed by atoms with van der Waals surface area (Å²) in [4.78, 5) is 39.3. The van der Waals surface area contributed by atoms with E-state index in [2.05, 4.69) is 10.6 Å². The number of urea groups is 1. The van der Waals surface area contributed by atoms with E-state index in [1.807, 2.05) is 11.8 Å². The molecule has 21 heavy (non-hydrogen) atoms. The molecule has 0 saturated carbocycles. The van der Waals surface area contributed by atoms with Gasteiger partial charge in [0.05, 0.1) is 0 Å². The first-order valence-electron chi connectivity index (χ1n) is 7.51. The number of nitrogens with zero attached hydrogens (tertiary/aromatic N) is 2. The molecule has 7 nitrogen and oxygen atoms in total. The van der Waals surface area contributed by atoms with Crippen LogP contribution >= 0.6 is 0 Å². The quantitative estimate of drug-likeness (QED) is 0.695. The van der Waals surface area contributed by atoms with Crippen LogP contribution in [-0.4, -0.2) is 65.4 Å². The van der Waals surface area contributed by atoms with E-state index in [0.717, 1.165) is 25.9 Å². The van der Waals surface area contributed by atoms with Crippen LogP contribution in [0.2, 0.25) is 0 Å². The van der Waals surface area contributed by atoms with Crippen LogP contribution in [0, 0.1) is 0 Å². The van der Waals surface area contributed by atoms with Crippen molar-refractivity contribution in [2.24, 2.45) is 0 Å². The van der Waals surface area contributed by atoms with Crippen LogP contribution in [0.3, 0.4) is 0 Å². The van der Waals surface area contributed by atoms with Gasteiger partial charge in [0.1, 0.15) is 12.1 Å². The zero-order valence-electron chi connectivity index (χ0n) is 12.9. The highest BCUT2D eigenvalue weighted by molar-refractivity contribution is 6.07. The van der Waals surface area contributed by atoms with E-state index >= 15 is 0 Å². The van der Waals surface area contributed by atoms with Crippen molar-refractivity contribution >= 4 is 17.8 Å². The molecule has 0 aromatic rings. The molecular formula is C14H24N4O3. The number of rotatable bonds is 5. The lowest BCUT2D eigenvalue weighted by Gasteiger charge is -2.33. The second-order valence-electron chi connectivity index (χ2n) is 6.14. The third-order valence-corrected chi connectivity index (χ3v) is 4.25. The Balaban J connectivity index is 2.07. The Bertz CT molecular complexity index is 444. The smallest absolute Gasteiger partial charge is 0.325 e. The SMILES string of the molecule is CCCN(C(=O)CN1C(=O)NC(=O)C1(C)C)[C@@H]1CCNC1. The fourth-order valence-electron chi connectivity index (χ4n) is 2.85. The molecule has 118 valence electrons. The Kier molecular flexibility index (Phi) is 4.51. The van der Waals surface area contributed by atoms with Crippen LogP contribution in [0.4, 0.5) is 4.79 Å². The molecule has 0 radical (unpaired) electrons. The van der Waals surface area contributed by atoms with Gasteiger partial charge in [-0.1, -0.05) is 6.92 Å². The zero-order valence-corrected chi connectivity index (χ0v) is 12.9. The van der Waals surface area contributed by atoms with Crippen LogP contribution < -0.4 is 10.6 Å². The van der Waals surface area contributed by atoms with Gasteiger partial charge in [-0.25, -0.2) is 4.79 Å². The van der Waals surface area contributed by atoms with Gasteiger partial charge in [0.2, 0.25) is 5.91 Å². The van der Waals surface area contributed by atoms with Crippen molar-refractivity contribution in [2.75, 3.05) is 26.2 Å². The monoisotopic (exact) mass is 296 g/mol. The molecule has 0 spiro atoms. The first kappa shape index (κ1) is 15.8. The third-order valence-electron chi connectivity index (χ3n) is 4.25. The molecule has 0 aromatic heterocycles. The summed E-state index contributed by atoms with van der Waals surface area (Å²) in [5.74, 6) is -0.451. The van der Waals surface area contributed by atoms with E-state index in [9.17, 15) is 14.4 Å². The Morgan fingerprint density at radius 3 is 2.62 bits per heavy atom. The fourth-order valence-corrected chi connectivity index (χ4v) is 2.85. The van der Waals surface area contributed by atoms with E-state index in [0.29, 0.717) is 6.54 Å². The topological polar surface area (TPSA) is 81.8 Å². The van der Waals surface area contributed by atoms with Gasteiger partial charge in [-0.05, 0) is 33.2 Å². The van der Waals surface area contributed by atoms with Crippen LogP contribution in [0.15, 0.2) is 0 Å². The number of amides is 4. The molecule has 2 rings (SSSR count). The molecule has 0 unspecified atom stereocenters. The lowest BCUT2D eigenvalue weighted by Crippen LogP contribution is -2.52. The Morgan fingerprint density at radius 1 is 1.43 bits per heavy atom. The fraction of sp³-hybridized carbons (Fsp3) is 0.786. The number of hydrogen-bond donors (Lipinski definition) is 2. The van der Waals surface area contributed by atoms with Gasteiger partial charge in [-0.3, -0.25) is 14.9 Å². The zero-order chi connectivity index (χ0) is 15.6. The molecule has 0 aliphatic carbocycles. The van der Waals surface area contributed by atoms with Gasteiger partial charge in [0.25, 0.3) is 5.91 Å². The number of carbonyl (C=O) groups is 3. The van der Waals surface area contributed by atoms with E-state index < -0.39 is 11.6 Å². The first-order chi connectivity index (χ1) is 9.87. The average molecular weight is 296 g/mol. The number of carbonyl (C=O) groups excluding carboxylic acids is 3. The standard InChI is InChI=1S/C14H24N4O3/c1-4-7-17(10-5-6-15-8-10)11(19)9-18-13(21)16-12(20)14(18,2)3/h10,15H,4-9H2,1-3H3,(H,16,20,21)/t10-/m1/s1. The number of nitrogens with one attached hydrogen (secondary N) is 2. The van der Waals surface area contributed by atoms with Crippen molar-refractivity contribution in [1.29, 1.82) is 0 Å². The normalized spacial score (nSPS) is 24.3. The molecule has 2 heterocycles. The summed E-state index contributed by atoms with van der Waals surface area (Å²) < 4.78 is 0. The van der Waals surface area contributed by atoms with Crippen molar-refractivity contribution < 1.29 is 14.4 Å². The molecule has 2 saturated heterocycles. The van der Waals surface area contributed by atoms with Gasteiger partial charge < -0.3 is 15.1 Å². The van der Waals surface area contributed by atoms with E-state index in [1.165, 1.54) is 4.90 Å². The maximum absolute atomic E-state index is 12.6. The summed E-state index contributed by atoms with van der Waals surface area (Å²) in [6, 6.07) is -0.304. The lowest BCUT2D eigenvalue weighted by molar-refractivity contribution is -0.135. The molecule has 0 bridgehead atoms. The summed E-state index contributed by atoms with van der Waals surface area (Å²) in [6.45, 7) is 7.66. The predicted molar refractivity (Wildman–Crippen MR) is 77.6 cm³/mol. The van der Waals surface area contributed by atoms with Crippen LogP contribution in [0.5, 0.6) is 0 Å². The summed E-state index contributed by atoms with van der Waals surface area (Å²) in [6.07, 6.45) is 1.80. The summed E-state index contributed by atoms with van der Waals surface area (Å²) >= 11 is 0. The predicted octanol–water partition coefficient (Wildman–Crippen LogP) is -0.0827. The minimum atomic E-state index is -0.974. The maximum Gasteiger partial charge on any atom is 0.325 e. The molecule has 2 aliphatic rings. The van der Waals surface area contributed by atoms with Gasteiger partial charge in [-0.2, -0.15) is 0 Å². The molecule has 4 amide bonds. The molecule has 1 atom stereocenters. The second-order valence-corrected chi connectivity index (χ2v) is 6.14. The maximum atomic E-state index is 12.6. The number of hydrogen-bond acceptors (Lipinski definition) is 4. The number of imide groups is 1. The van der Waals surface area contributed by atoms with Gasteiger partial charge in [-0.15, -0.1) is 0 Å². The molecule has 0 aromatic carbocycles. The average Bonchev–Trinajstić information content (AvgIpc) is 3.00. The highest BCUT2D eigenvalue weighted by Crippen LogP contribution is 2.21. The van der Waals surface area contributed by atoms with Crippen molar-refractivity contribution in [1.82, 2.24) is 20.4 Å². The van der Waals surface area contributed by atoms with Crippen molar-refractivity contribution in [2.45, 2.75) is 45.2 Å². The first-order valence-corrected chi connectivity index (χ1v) is 7.51. The summed E-state index contributed by atoms with van der Waals surface area (Å²) in [7, 11) is 0. The van der Waals surface area contributed by atoms with E-state index in [-0.39, 0.29) is 24.4 Å². The van der Waals surface area contributed by atoms with E-state index in [4.69, 9.17) is 0 Å². The lowest BCUT2D eigenvalue weighted by atomic mass is 10.0. The van der Waals surface area contributed by atoms with Gasteiger partial charge in [0, 0.05) is 19.1 Å². The second kappa shape index (κ2) is 6.01. The molecule has 2 fully saturated rings. The van der Waals surface area contributed by atoms with Crippen molar-refractivity contribution in [3.05, 3.63) is 0 Å². The van der Waals surface area contributed by atoms with Gasteiger partial charge in [0.15, 0.2) is 0 Å². The largest absolute Gasteiger partial charge is 0.337 e. The van der Waals surface area contributed by atoms with E-state index in [1.54, 1.807) is 13.8 Å². The van der Waals surface area contributed by atoms with Crippen LogP contribution in [-0.2, 0) is 9.59 Å². The molecule has 7 heteroatoms. The van der Waals surface area contributed by atoms with Crippen LogP contribution in [0.1, 0.15) is 33.6 Å². The highest BCUT2D eigenvalue weighted by Gasteiger charge is 2.46. The van der Waals surface area contributed by atoms with Gasteiger partial charge >= 0.3 is 6.03 Å². The minimum Gasteiger partial charge on any atom is -0.337 e. The van der Waals surface area contributed by atoms with Crippen molar-refractivity contribution in [3.63, 3.8) is 0 Å². The minimum absolute atomic E-state index is 0.0545. The van der Waals surface area contributed by atoms with Crippen molar-refractivity contribution in [3.8, 4) is 0 Å². The summed E-state index contributed by atoms with van der Waals surface area (Å²) in [5, 5.41) is 5.52. The Labute approximate surface area is 125 Å². The van der Waals surface area contributed by atoms with Crippen LogP contribution in [0.25, 0.3) is 0 Å². The highest BCUT2D eigenvalue weighted by atomic mass is 16.2. The molecular weight excluding hydrogens is 272 g/mol. The summed E-state index contributed by atoms with van der Waals surface area (Å²) in [5.41, 5.74) is -0.974. The molecule has 2 N–H and O–H groups in total. The Morgan fingerprint density at radius 2 is 2.14 bits per heavy atom. The molecule has 2 aliphatic heterocycles. The third kappa shape index (κ3) is 3.02. The Hall–Kier alpha value is -1.63.